The van der Waals surface area contributed by atoms with E-state index in [1.165, 1.54) is 0 Å². The first kappa shape index (κ1) is 12.0. The lowest BCUT2D eigenvalue weighted by Crippen LogP contribution is -2.35. The van der Waals surface area contributed by atoms with Gasteiger partial charge in [0, 0.05) is 12.6 Å². The van der Waals surface area contributed by atoms with E-state index in [9.17, 15) is 0 Å². The molecule has 0 aliphatic carbocycles. The van der Waals surface area contributed by atoms with Gasteiger partial charge in [-0.15, -0.1) is 0 Å². The number of hydrogen-bond acceptors (Lipinski definition) is 3. The Bertz CT molecular complexity index is 273. The second-order valence-corrected chi connectivity index (χ2v) is 4.81. The maximum Gasteiger partial charge on any atom is 0.164 e. The second-order valence-electron chi connectivity index (χ2n) is 3.75. The fourth-order valence-electron chi connectivity index (χ4n) is 1.33. The lowest BCUT2D eigenvalue weighted by Gasteiger charge is -2.17. The fourth-order valence-corrected chi connectivity index (χ4v) is 1.80. The van der Waals surface area contributed by atoms with Gasteiger partial charge in [-0.05, 0) is 55.7 Å². The number of nitrogens with zero attached hydrogens (tertiary/aromatic N) is 1. The topological polar surface area (TPSA) is 28.4 Å². The minimum Gasteiger partial charge on any atom is -0.454 e. The molecule has 1 heterocycles. The number of rotatable bonds is 5. The summed E-state index contributed by atoms with van der Waals surface area (Å²) in [4.78, 5) is 2.17. The monoisotopic (exact) mass is 308 g/mol. The van der Waals surface area contributed by atoms with Gasteiger partial charge in [-0.1, -0.05) is 0 Å². The average Bonchev–Trinajstić information content (AvgIpc) is 2.47. The van der Waals surface area contributed by atoms with Crippen LogP contribution in [0.1, 0.15) is 12.7 Å². The summed E-state index contributed by atoms with van der Waals surface area (Å²) >= 11 is 2.17. The van der Waals surface area contributed by atoms with E-state index >= 15 is 0 Å². The Hall–Kier alpha value is -0.0700. The zero-order valence-electron chi connectivity index (χ0n) is 8.88. The molecule has 0 saturated heterocycles. The van der Waals surface area contributed by atoms with Crippen molar-refractivity contribution >= 4 is 22.6 Å². The van der Waals surface area contributed by atoms with Crippen LogP contribution >= 0.6 is 22.6 Å². The molecular weight excluding hydrogens is 291 g/mol. The van der Waals surface area contributed by atoms with E-state index in [2.05, 4.69) is 53.8 Å². The summed E-state index contributed by atoms with van der Waals surface area (Å²) in [6.45, 7) is 4.02. The van der Waals surface area contributed by atoms with Crippen molar-refractivity contribution in [3.8, 4) is 0 Å². The summed E-state index contributed by atoms with van der Waals surface area (Å²) in [5, 5.41) is 3.40. The van der Waals surface area contributed by atoms with Gasteiger partial charge in [-0.3, -0.25) is 0 Å². The third kappa shape index (κ3) is 4.43. The van der Waals surface area contributed by atoms with Gasteiger partial charge >= 0.3 is 0 Å². The summed E-state index contributed by atoms with van der Waals surface area (Å²) in [6.07, 6.45) is 0. The molecule has 1 rings (SSSR count). The van der Waals surface area contributed by atoms with E-state index in [1.54, 1.807) is 0 Å². The molecule has 0 aliphatic heterocycles. The molecule has 0 aliphatic rings. The van der Waals surface area contributed by atoms with Crippen molar-refractivity contribution in [3.63, 3.8) is 0 Å². The molecule has 14 heavy (non-hydrogen) atoms. The van der Waals surface area contributed by atoms with Crippen LogP contribution in [-0.4, -0.2) is 31.6 Å². The van der Waals surface area contributed by atoms with Crippen molar-refractivity contribution < 1.29 is 4.42 Å². The Balaban J connectivity index is 2.26. The number of furan rings is 1. The van der Waals surface area contributed by atoms with Crippen LogP contribution in [0.4, 0.5) is 0 Å². The molecule has 0 radical (unpaired) electrons. The van der Waals surface area contributed by atoms with Crippen molar-refractivity contribution in [2.75, 3.05) is 20.6 Å². The molecule has 0 bridgehead atoms. The van der Waals surface area contributed by atoms with Crippen LogP contribution in [0, 0.1) is 3.77 Å². The number of hydrogen-bond donors (Lipinski definition) is 1. The van der Waals surface area contributed by atoms with E-state index in [0.717, 1.165) is 22.6 Å². The summed E-state index contributed by atoms with van der Waals surface area (Å²) < 4.78 is 6.39. The molecular formula is C10H17IN2O. The molecule has 0 spiro atoms. The summed E-state index contributed by atoms with van der Waals surface area (Å²) in [7, 11) is 4.15. The van der Waals surface area contributed by atoms with Crippen molar-refractivity contribution in [1.82, 2.24) is 10.2 Å². The van der Waals surface area contributed by atoms with Crippen molar-refractivity contribution in [1.29, 1.82) is 0 Å². The smallest absolute Gasteiger partial charge is 0.164 e. The molecule has 80 valence electrons. The number of likely N-dealkylation sites (N-methyl/N-ethyl adjacent to an activating group) is 1. The van der Waals surface area contributed by atoms with Gasteiger partial charge in [0.15, 0.2) is 3.77 Å². The molecule has 4 heteroatoms. The lowest BCUT2D eigenvalue weighted by molar-refractivity contribution is 0.340. The molecule has 1 aromatic heterocycles. The van der Waals surface area contributed by atoms with Gasteiger partial charge in [-0.2, -0.15) is 0 Å². The molecule has 3 nitrogen and oxygen atoms in total. The summed E-state index contributed by atoms with van der Waals surface area (Å²) in [6, 6.07) is 4.47. The summed E-state index contributed by atoms with van der Waals surface area (Å²) in [5.74, 6) is 1.00. The van der Waals surface area contributed by atoms with Crippen molar-refractivity contribution in [2.45, 2.75) is 19.5 Å². The molecule has 1 unspecified atom stereocenters. The van der Waals surface area contributed by atoms with Gasteiger partial charge < -0.3 is 14.6 Å². The van der Waals surface area contributed by atoms with E-state index in [4.69, 9.17) is 4.42 Å². The summed E-state index contributed by atoms with van der Waals surface area (Å²) in [5.41, 5.74) is 0. The van der Waals surface area contributed by atoms with E-state index in [-0.39, 0.29) is 0 Å². The third-order valence-electron chi connectivity index (χ3n) is 1.89. The minimum atomic E-state index is 0.479. The van der Waals surface area contributed by atoms with Crippen LogP contribution in [0.2, 0.25) is 0 Å². The highest BCUT2D eigenvalue weighted by molar-refractivity contribution is 14.1. The first-order valence-corrected chi connectivity index (χ1v) is 5.78. The number of nitrogens with one attached hydrogen (secondary N) is 1. The van der Waals surface area contributed by atoms with Gasteiger partial charge in [0.25, 0.3) is 0 Å². The van der Waals surface area contributed by atoms with Gasteiger partial charge in [0.2, 0.25) is 0 Å². The van der Waals surface area contributed by atoms with Crippen LogP contribution in [0.25, 0.3) is 0 Å². The predicted octanol–water partition coefficient (Wildman–Crippen LogP) is 1.92. The molecule has 0 saturated carbocycles. The average molecular weight is 308 g/mol. The highest BCUT2D eigenvalue weighted by Gasteiger charge is 2.04. The molecule has 0 fully saturated rings. The van der Waals surface area contributed by atoms with E-state index in [0.29, 0.717) is 6.04 Å². The second kappa shape index (κ2) is 5.72. The number of halogens is 1. The highest BCUT2D eigenvalue weighted by atomic mass is 127. The van der Waals surface area contributed by atoms with Crippen LogP contribution in [0.5, 0.6) is 0 Å². The lowest BCUT2D eigenvalue weighted by atomic mass is 10.3. The Morgan fingerprint density at radius 3 is 2.71 bits per heavy atom. The Labute approximate surface area is 99.0 Å². The zero-order valence-corrected chi connectivity index (χ0v) is 11.0. The molecule has 1 N–H and O–H groups in total. The van der Waals surface area contributed by atoms with Crippen molar-refractivity contribution in [2.24, 2.45) is 0 Å². The molecule has 1 aromatic rings. The van der Waals surface area contributed by atoms with Gasteiger partial charge in [-0.25, -0.2) is 0 Å². The largest absolute Gasteiger partial charge is 0.454 e. The van der Waals surface area contributed by atoms with Gasteiger partial charge in [0.05, 0.1) is 6.54 Å². The molecule has 1 atom stereocenters. The quantitative estimate of drug-likeness (QED) is 0.843. The van der Waals surface area contributed by atoms with E-state index < -0.39 is 0 Å². The minimum absolute atomic E-state index is 0.479. The highest BCUT2D eigenvalue weighted by Crippen LogP contribution is 2.09. The maximum atomic E-state index is 5.45. The Morgan fingerprint density at radius 1 is 1.50 bits per heavy atom. The van der Waals surface area contributed by atoms with Crippen LogP contribution < -0.4 is 5.32 Å². The SMILES string of the molecule is CC(CN(C)C)NCc1ccc(I)o1. The Morgan fingerprint density at radius 2 is 2.21 bits per heavy atom. The first-order chi connectivity index (χ1) is 6.58. The predicted molar refractivity (Wildman–Crippen MR) is 66.3 cm³/mol. The first-order valence-electron chi connectivity index (χ1n) is 4.70. The van der Waals surface area contributed by atoms with Crippen molar-refractivity contribution in [3.05, 3.63) is 21.7 Å². The maximum absolute atomic E-state index is 5.45. The normalized spacial score (nSPS) is 13.5. The van der Waals surface area contributed by atoms with Crippen LogP contribution in [0.3, 0.4) is 0 Å². The fraction of sp³-hybridized carbons (Fsp3) is 0.600. The van der Waals surface area contributed by atoms with E-state index in [1.807, 2.05) is 12.1 Å². The molecule has 0 aromatic carbocycles. The third-order valence-corrected chi connectivity index (χ3v) is 2.47. The van der Waals surface area contributed by atoms with Gasteiger partial charge in [0.1, 0.15) is 5.76 Å². The standard InChI is InChI=1S/C10H17IN2O/c1-8(7-13(2)3)12-6-9-4-5-10(11)14-9/h4-5,8,12H,6-7H2,1-3H3. The van der Waals surface area contributed by atoms with Crippen LogP contribution in [0.15, 0.2) is 16.5 Å². The molecule has 0 amide bonds. The Kier molecular flexibility index (Phi) is 4.91. The zero-order chi connectivity index (χ0) is 10.6. The van der Waals surface area contributed by atoms with Crippen LogP contribution in [-0.2, 0) is 6.54 Å².